The van der Waals surface area contributed by atoms with Crippen LogP contribution in [0.1, 0.15) is 15.9 Å². The number of halogens is 4. The molecule has 0 aliphatic rings. The number of amides is 1. The van der Waals surface area contributed by atoms with E-state index in [9.17, 15) is 13.2 Å². The number of benzene rings is 4. The van der Waals surface area contributed by atoms with Gasteiger partial charge in [0.05, 0.1) is 21.2 Å². The average molecular weight is 610 g/mol. The highest BCUT2D eigenvalue weighted by Crippen LogP contribution is 2.31. The monoisotopic (exact) mass is 608 g/mol. The number of sulfonamides is 1. The third-order valence-electron chi connectivity index (χ3n) is 5.46. The Morgan fingerprint density at radius 2 is 1.47 bits per heavy atom. The number of hydrogen-bond donors (Lipinski definition) is 1. The molecule has 0 bridgehead atoms. The number of carbonyl (C=O) groups excluding carboxylic acids is 1. The first kappa shape index (κ1) is 28.1. The van der Waals surface area contributed by atoms with Crippen LogP contribution in [0.2, 0.25) is 20.1 Å². The lowest BCUT2D eigenvalue weighted by atomic mass is 10.1. The molecule has 0 saturated carbocycles. The summed E-state index contributed by atoms with van der Waals surface area (Å²) in [7, 11) is -2.51. The van der Waals surface area contributed by atoms with Gasteiger partial charge >= 0.3 is 0 Å². The summed E-state index contributed by atoms with van der Waals surface area (Å²) in [6, 6.07) is 22.1. The molecule has 0 spiro atoms. The summed E-state index contributed by atoms with van der Waals surface area (Å²) in [5.74, 6) is 0.360. The van der Waals surface area contributed by atoms with Crippen molar-refractivity contribution in [3.8, 4) is 11.5 Å². The van der Waals surface area contributed by atoms with E-state index in [0.29, 0.717) is 32.1 Å². The fourth-order valence-corrected chi connectivity index (χ4v) is 5.47. The van der Waals surface area contributed by atoms with Gasteiger partial charge in [-0.15, -0.1) is 0 Å². The maximum absolute atomic E-state index is 13.3. The summed E-state index contributed by atoms with van der Waals surface area (Å²) < 4.78 is 34.5. The van der Waals surface area contributed by atoms with E-state index >= 15 is 0 Å². The molecule has 0 aromatic heterocycles. The molecule has 38 heavy (non-hydrogen) atoms. The molecular weight excluding hydrogens is 590 g/mol. The average Bonchev–Trinajstić information content (AvgIpc) is 2.88. The maximum Gasteiger partial charge on any atom is 0.261 e. The molecule has 0 aliphatic heterocycles. The van der Waals surface area contributed by atoms with Crippen molar-refractivity contribution in [3.63, 3.8) is 0 Å². The van der Waals surface area contributed by atoms with Gasteiger partial charge in [-0.3, -0.25) is 9.52 Å². The van der Waals surface area contributed by atoms with Gasteiger partial charge in [-0.25, -0.2) is 8.42 Å². The molecule has 4 rings (SSSR count). The van der Waals surface area contributed by atoms with E-state index in [-0.39, 0.29) is 27.7 Å². The van der Waals surface area contributed by atoms with Gasteiger partial charge in [0.1, 0.15) is 11.5 Å². The first-order valence-corrected chi connectivity index (χ1v) is 14.1. The lowest BCUT2D eigenvalue weighted by molar-refractivity contribution is 0.0786. The zero-order chi connectivity index (χ0) is 27.4. The maximum atomic E-state index is 13.3. The van der Waals surface area contributed by atoms with Crippen molar-refractivity contribution in [2.24, 2.45) is 0 Å². The summed E-state index contributed by atoms with van der Waals surface area (Å²) in [5.41, 5.74) is 0.688. The first-order chi connectivity index (χ1) is 18.0. The molecule has 11 heteroatoms. The van der Waals surface area contributed by atoms with Crippen molar-refractivity contribution in [1.82, 2.24) is 4.90 Å². The van der Waals surface area contributed by atoms with Crippen molar-refractivity contribution in [2.75, 3.05) is 11.8 Å². The van der Waals surface area contributed by atoms with E-state index in [2.05, 4.69) is 4.72 Å². The van der Waals surface area contributed by atoms with E-state index in [4.69, 9.17) is 51.1 Å². The quantitative estimate of drug-likeness (QED) is 0.219. The predicted molar refractivity (Wildman–Crippen MR) is 152 cm³/mol. The Hall–Kier alpha value is -2.94. The largest absolute Gasteiger partial charge is 0.456 e. The molecule has 0 atom stereocenters. The van der Waals surface area contributed by atoms with Crippen LogP contribution in [0.4, 0.5) is 5.69 Å². The van der Waals surface area contributed by atoms with Gasteiger partial charge in [-0.2, -0.15) is 0 Å². The second kappa shape index (κ2) is 11.8. The lowest BCUT2D eigenvalue weighted by Gasteiger charge is -2.21. The molecule has 0 saturated heterocycles. The van der Waals surface area contributed by atoms with Crippen LogP contribution in [-0.2, 0) is 16.6 Å². The van der Waals surface area contributed by atoms with E-state index in [1.807, 2.05) is 0 Å². The highest BCUT2D eigenvalue weighted by molar-refractivity contribution is 7.92. The van der Waals surface area contributed by atoms with Crippen LogP contribution in [0.5, 0.6) is 11.5 Å². The lowest BCUT2D eigenvalue weighted by Crippen LogP contribution is -2.28. The Balaban J connectivity index is 1.56. The predicted octanol–water partition coefficient (Wildman–Crippen LogP) is 8.17. The Morgan fingerprint density at radius 1 is 0.842 bits per heavy atom. The summed E-state index contributed by atoms with van der Waals surface area (Å²) in [4.78, 5) is 14.7. The molecule has 196 valence electrons. The van der Waals surface area contributed by atoms with Crippen molar-refractivity contribution >= 4 is 68.0 Å². The molecule has 0 unspecified atom stereocenters. The summed E-state index contributed by atoms with van der Waals surface area (Å²) >= 11 is 24.8. The molecule has 1 amide bonds. The Bertz CT molecular complexity index is 1580. The van der Waals surface area contributed by atoms with E-state index in [1.165, 1.54) is 47.4 Å². The minimum absolute atomic E-state index is 0.0337. The van der Waals surface area contributed by atoms with Crippen LogP contribution < -0.4 is 9.46 Å². The number of rotatable bonds is 8. The Morgan fingerprint density at radius 3 is 2.13 bits per heavy atom. The van der Waals surface area contributed by atoms with Crippen LogP contribution in [0.3, 0.4) is 0 Å². The van der Waals surface area contributed by atoms with Crippen LogP contribution in [0.15, 0.2) is 89.8 Å². The van der Waals surface area contributed by atoms with E-state index in [1.54, 1.807) is 49.5 Å². The minimum Gasteiger partial charge on any atom is -0.456 e. The summed E-state index contributed by atoms with van der Waals surface area (Å²) in [6.45, 7) is 0.100. The number of nitrogens with one attached hydrogen (secondary N) is 1. The van der Waals surface area contributed by atoms with Gasteiger partial charge in [-0.1, -0.05) is 64.6 Å². The zero-order valence-electron chi connectivity index (χ0n) is 19.8. The standard InChI is InChI=1S/C27H20Cl4N2O4S/c1-33(16-21-22(29)6-4-7-23(21)30)27(34)20-15-17(28)9-14-25(20)32-38(35,36)19-12-10-18(11-13-19)37-26-8-3-2-5-24(26)31/h2-15,32H,16H2,1H3. The number of hydrogen-bond acceptors (Lipinski definition) is 4. The minimum atomic E-state index is -4.07. The normalized spacial score (nSPS) is 11.2. The summed E-state index contributed by atoms with van der Waals surface area (Å²) in [5, 5.41) is 1.51. The molecule has 0 fully saturated rings. The van der Waals surface area contributed by atoms with Gasteiger partial charge < -0.3 is 9.64 Å². The van der Waals surface area contributed by atoms with Gasteiger partial charge in [0.15, 0.2) is 0 Å². The topological polar surface area (TPSA) is 75.7 Å². The summed E-state index contributed by atoms with van der Waals surface area (Å²) in [6.07, 6.45) is 0. The number of para-hydroxylation sites is 1. The first-order valence-electron chi connectivity index (χ1n) is 11.1. The second-order valence-electron chi connectivity index (χ2n) is 8.16. The molecule has 6 nitrogen and oxygen atoms in total. The van der Waals surface area contributed by atoms with Gasteiger partial charge in [0.2, 0.25) is 0 Å². The number of carbonyl (C=O) groups is 1. The van der Waals surface area contributed by atoms with Gasteiger partial charge in [0, 0.05) is 34.2 Å². The third kappa shape index (κ3) is 6.54. The van der Waals surface area contributed by atoms with Crippen LogP contribution in [0.25, 0.3) is 0 Å². The fraction of sp³-hybridized carbons (Fsp3) is 0.0741. The van der Waals surface area contributed by atoms with Crippen LogP contribution in [0, 0.1) is 0 Å². The van der Waals surface area contributed by atoms with Crippen molar-refractivity contribution < 1.29 is 17.9 Å². The fourth-order valence-electron chi connectivity index (χ4n) is 3.53. The molecule has 4 aromatic carbocycles. The van der Waals surface area contributed by atoms with Crippen molar-refractivity contribution in [1.29, 1.82) is 0 Å². The van der Waals surface area contributed by atoms with Gasteiger partial charge in [-0.05, 0) is 66.7 Å². The zero-order valence-corrected chi connectivity index (χ0v) is 23.6. The van der Waals surface area contributed by atoms with Crippen molar-refractivity contribution in [3.05, 3.63) is 116 Å². The van der Waals surface area contributed by atoms with Crippen LogP contribution >= 0.6 is 46.4 Å². The Labute approximate surface area is 240 Å². The number of ether oxygens (including phenoxy) is 1. The number of nitrogens with zero attached hydrogens (tertiary/aromatic N) is 1. The van der Waals surface area contributed by atoms with E-state index in [0.717, 1.165) is 0 Å². The second-order valence-corrected chi connectivity index (χ2v) is 11.5. The highest BCUT2D eigenvalue weighted by atomic mass is 35.5. The molecule has 1 N–H and O–H groups in total. The smallest absolute Gasteiger partial charge is 0.261 e. The number of anilines is 1. The molecular formula is C27H20Cl4N2O4S. The highest BCUT2D eigenvalue weighted by Gasteiger charge is 2.22. The molecule has 0 heterocycles. The van der Waals surface area contributed by atoms with E-state index < -0.39 is 15.9 Å². The molecule has 0 aliphatic carbocycles. The van der Waals surface area contributed by atoms with Crippen molar-refractivity contribution in [2.45, 2.75) is 11.4 Å². The molecule has 4 aromatic rings. The third-order valence-corrected chi connectivity index (χ3v) is 8.10. The Kier molecular flexibility index (Phi) is 8.75. The molecule has 0 radical (unpaired) electrons. The van der Waals surface area contributed by atoms with Crippen LogP contribution in [-0.4, -0.2) is 26.3 Å². The SMILES string of the molecule is CN(Cc1c(Cl)cccc1Cl)C(=O)c1cc(Cl)ccc1NS(=O)(=O)c1ccc(Oc2ccccc2Cl)cc1. The van der Waals surface area contributed by atoms with Gasteiger partial charge in [0.25, 0.3) is 15.9 Å².